The number of aromatic nitrogens is 4. The molecular weight excluding hydrogens is 274 g/mol. The van der Waals surface area contributed by atoms with Gasteiger partial charge in [-0.05, 0) is 51.0 Å². The van der Waals surface area contributed by atoms with Gasteiger partial charge in [0.2, 0.25) is 0 Å². The summed E-state index contributed by atoms with van der Waals surface area (Å²) in [4.78, 5) is 11.1. The Morgan fingerprint density at radius 2 is 1.82 bits per heavy atom. The molecule has 2 aromatic heterocycles. The topological polar surface area (TPSA) is 46.8 Å². The Balaban J connectivity index is 2.17. The Kier molecular flexibility index (Phi) is 3.79. The fourth-order valence-electron chi connectivity index (χ4n) is 2.65. The third-order valence-corrected chi connectivity index (χ3v) is 4.14. The van der Waals surface area contributed by atoms with Crippen LogP contribution in [0.1, 0.15) is 25.0 Å². The highest BCUT2D eigenvalue weighted by molar-refractivity contribution is 5.87. The highest BCUT2D eigenvalue weighted by Crippen LogP contribution is 2.25. The molecule has 2 heterocycles. The summed E-state index contributed by atoms with van der Waals surface area (Å²) in [5, 5.41) is 5.53. The van der Waals surface area contributed by atoms with Crippen LogP contribution in [0.4, 0.5) is 5.82 Å². The van der Waals surface area contributed by atoms with Gasteiger partial charge in [0.15, 0.2) is 5.65 Å². The Labute approximate surface area is 130 Å². The molecule has 0 saturated heterocycles. The summed E-state index contributed by atoms with van der Waals surface area (Å²) in [5.41, 5.74) is 4.40. The van der Waals surface area contributed by atoms with Crippen molar-refractivity contribution in [3.05, 3.63) is 41.9 Å². The highest BCUT2D eigenvalue weighted by Gasteiger charge is 2.14. The molecule has 3 rings (SSSR count). The van der Waals surface area contributed by atoms with Crippen molar-refractivity contribution < 1.29 is 0 Å². The maximum atomic E-state index is 4.54. The lowest BCUT2D eigenvalue weighted by Crippen LogP contribution is -2.23. The molecule has 22 heavy (non-hydrogen) atoms. The maximum absolute atomic E-state index is 4.54. The Hall–Kier alpha value is -2.43. The van der Waals surface area contributed by atoms with Crippen LogP contribution in [0.15, 0.2) is 30.7 Å². The third-order valence-electron chi connectivity index (χ3n) is 4.14. The average molecular weight is 295 g/mol. The molecule has 0 aliphatic rings. The first kappa shape index (κ1) is 14.5. The molecule has 5 nitrogen and oxygen atoms in total. The van der Waals surface area contributed by atoms with Crippen LogP contribution in [0, 0.1) is 13.8 Å². The Morgan fingerprint density at radius 1 is 1.05 bits per heavy atom. The van der Waals surface area contributed by atoms with E-state index in [0.717, 1.165) is 35.6 Å². The molecule has 0 saturated carbocycles. The summed E-state index contributed by atoms with van der Waals surface area (Å²) in [5.74, 6) is 0.949. The van der Waals surface area contributed by atoms with E-state index in [2.05, 4.69) is 65.9 Å². The Bertz CT molecular complexity index is 802. The van der Waals surface area contributed by atoms with Crippen molar-refractivity contribution in [2.24, 2.45) is 0 Å². The minimum Gasteiger partial charge on any atom is -0.356 e. The van der Waals surface area contributed by atoms with Gasteiger partial charge < -0.3 is 4.90 Å². The molecule has 0 spiro atoms. The van der Waals surface area contributed by atoms with E-state index < -0.39 is 0 Å². The van der Waals surface area contributed by atoms with Crippen LogP contribution in [-0.4, -0.2) is 32.8 Å². The molecule has 0 aliphatic carbocycles. The minimum absolute atomic E-state index is 0.847. The first-order valence-electron chi connectivity index (χ1n) is 7.67. The van der Waals surface area contributed by atoms with E-state index in [1.807, 2.05) is 10.9 Å². The van der Waals surface area contributed by atoms with Gasteiger partial charge in [0, 0.05) is 13.1 Å². The third kappa shape index (κ3) is 2.32. The van der Waals surface area contributed by atoms with Crippen LogP contribution in [0.3, 0.4) is 0 Å². The molecule has 0 unspecified atom stereocenters. The molecule has 3 aromatic rings. The first-order chi connectivity index (χ1) is 10.7. The lowest BCUT2D eigenvalue weighted by atomic mass is 10.1. The molecule has 0 radical (unpaired) electrons. The molecule has 0 amide bonds. The van der Waals surface area contributed by atoms with Crippen molar-refractivity contribution in [3.8, 4) is 5.69 Å². The van der Waals surface area contributed by atoms with E-state index >= 15 is 0 Å². The second-order valence-electron chi connectivity index (χ2n) is 5.43. The van der Waals surface area contributed by atoms with Gasteiger partial charge >= 0.3 is 0 Å². The van der Waals surface area contributed by atoms with E-state index in [9.17, 15) is 0 Å². The zero-order valence-corrected chi connectivity index (χ0v) is 13.5. The predicted octanol–water partition coefficient (Wildman–Crippen LogP) is 3.28. The van der Waals surface area contributed by atoms with Gasteiger partial charge in [0.05, 0.1) is 17.3 Å². The molecule has 0 atom stereocenters. The van der Waals surface area contributed by atoms with Gasteiger partial charge in [0.25, 0.3) is 0 Å². The maximum Gasteiger partial charge on any atom is 0.168 e. The number of hydrogen-bond donors (Lipinski definition) is 0. The van der Waals surface area contributed by atoms with Crippen molar-refractivity contribution in [3.63, 3.8) is 0 Å². The Morgan fingerprint density at radius 3 is 2.50 bits per heavy atom. The van der Waals surface area contributed by atoms with Gasteiger partial charge in [0.1, 0.15) is 12.1 Å². The van der Waals surface area contributed by atoms with Gasteiger partial charge in [-0.15, -0.1) is 0 Å². The second-order valence-corrected chi connectivity index (χ2v) is 5.43. The molecule has 0 fully saturated rings. The highest BCUT2D eigenvalue weighted by atomic mass is 15.3. The van der Waals surface area contributed by atoms with Crippen LogP contribution in [0.5, 0.6) is 0 Å². The van der Waals surface area contributed by atoms with Crippen LogP contribution >= 0.6 is 0 Å². The molecule has 0 aliphatic heterocycles. The smallest absolute Gasteiger partial charge is 0.168 e. The van der Waals surface area contributed by atoms with Crippen LogP contribution < -0.4 is 4.90 Å². The summed E-state index contributed by atoms with van der Waals surface area (Å²) >= 11 is 0. The summed E-state index contributed by atoms with van der Waals surface area (Å²) in [7, 11) is 0. The van der Waals surface area contributed by atoms with Crippen LogP contribution in [-0.2, 0) is 0 Å². The molecule has 0 bridgehead atoms. The predicted molar refractivity (Wildman–Crippen MR) is 89.7 cm³/mol. The number of benzene rings is 1. The molecule has 0 N–H and O–H groups in total. The number of hydrogen-bond acceptors (Lipinski definition) is 4. The van der Waals surface area contributed by atoms with Crippen molar-refractivity contribution in [2.75, 3.05) is 18.0 Å². The molecule has 5 heteroatoms. The largest absolute Gasteiger partial charge is 0.356 e. The monoisotopic (exact) mass is 295 g/mol. The number of fused-ring (bicyclic) bond motifs is 1. The number of rotatable bonds is 4. The van der Waals surface area contributed by atoms with Crippen molar-refractivity contribution in [1.29, 1.82) is 0 Å². The van der Waals surface area contributed by atoms with Crippen LogP contribution in [0.25, 0.3) is 16.7 Å². The number of nitrogens with zero attached hydrogens (tertiary/aromatic N) is 5. The van der Waals surface area contributed by atoms with Gasteiger partial charge in [-0.25, -0.2) is 14.6 Å². The summed E-state index contributed by atoms with van der Waals surface area (Å²) < 4.78 is 1.89. The first-order valence-corrected chi connectivity index (χ1v) is 7.67. The lowest BCUT2D eigenvalue weighted by Gasteiger charge is -2.19. The average Bonchev–Trinajstić information content (AvgIpc) is 2.96. The van der Waals surface area contributed by atoms with E-state index in [-0.39, 0.29) is 0 Å². The summed E-state index contributed by atoms with van der Waals surface area (Å²) in [6, 6.07) is 6.33. The van der Waals surface area contributed by atoms with E-state index in [4.69, 9.17) is 0 Å². The fourth-order valence-corrected chi connectivity index (χ4v) is 2.65. The van der Waals surface area contributed by atoms with Crippen molar-refractivity contribution in [1.82, 2.24) is 19.7 Å². The standard InChI is InChI=1S/C17H21N5/c1-5-21(6-2)16-15-10-20-22(17(15)19-11-18-16)14-8-7-12(3)13(4)9-14/h7-11H,5-6H2,1-4H3. The zero-order chi connectivity index (χ0) is 15.7. The SMILES string of the molecule is CCN(CC)c1ncnc2c1cnn2-c1ccc(C)c(C)c1. The summed E-state index contributed by atoms with van der Waals surface area (Å²) in [6.07, 6.45) is 3.48. The van der Waals surface area contributed by atoms with Gasteiger partial charge in [-0.2, -0.15) is 5.10 Å². The molecule has 114 valence electrons. The normalized spacial score (nSPS) is 11.1. The zero-order valence-electron chi connectivity index (χ0n) is 13.5. The lowest BCUT2D eigenvalue weighted by molar-refractivity contribution is 0.847. The van der Waals surface area contributed by atoms with Gasteiger partial charge in [-0.1, -0.05) is 6.07 Å². The van der Waals surface area contributed by atoms with Crippen LogP contribution in [0.2, 0.25) is 0 Å². The minimum atomic E-state index is 0.847. The fraction of sp³-hybridized carbons (Fsp3) is 0.353. The molecule has 1 aromatic carbocycles. The number of anilines is 1. The molecular formula is C17H21N5. The summed E-state index contributed by atoms with van der Waals surface area (Å²) in [6.45, 7) is 10.3. The number of aryl methyl sites for hydroxylation is 2. The van der Waals surface area contributed by atoms with Crippen molar-refractivity contribution >= 4 is 16.9 Å². The quantitative estimate of drug-likeness (QED) is 0.741. The van der Waals surface area contributed by atoms with E-state index in [0.29, 0.717) is 0 Å². The van der Waals surface area contributed by atoms with E-state index in [1.54, 1.807) is 6.33 Å². The van der Waals surface area contributed by atoms with E-state index in [1.165, 1.54) is 11.1 Å². The second kappa shape index (κ2) is 5.75. The van der Waals surface area contributed by atoms with Crippen molar-refractivity contribution in [2.45, 2.75) is 27.7 Å². The van der Waals surface area contributed by atoms with Gasteiger partial charge in [-0.3, -0.25) is 0 Å².